The number of benzene rings is 2. The average Bonchev–Trinajstić information content (AvgIpc) is 2.74. The second-order valence-electron chi connectivity index (χ2n) is 6.10. The molecule has 1 aromatic heterocycles. The lowest BCUT2D eigenvalue weighted by Crippen LogP contribution is -2.32. The first kappa shape index (κ1) is 19.2. The molecule has 0 bridgehead atoms. The highest BCUT2D eigenvalue weighted by Gasteiger charge is 2.18. The van der Waals surface area contributed by atoms with E-state index in [0.29, 0.717) is 6.54 Å². The van der Waals surface area contributed by atoms with E-state index < -0.39 is 5.91 Å². The topological polar surface area (TPSA) is 62.3 Å². The number of rotatable bonds is 6. The van der Waals surface area contributed by atoms with Crippen LogP contribution >= 0.6 is 0 Å². The van der Waals surface area contributed by atoms with E-state index in [1.54, 1.807) is 35.2 Å². The second kappa shape index (κ2) is 8.90. The first-order chi connectivity index (χ1) is 13.6. The van der Waals surface area contributed by atoms with Crippen molar-refractivity contribution in [1.82, 2.24) is 10.3 Å². The molecule has 2 amide bonds. The average molecular weight is 377 g/mol. The Balaban J connectivity index is 1.72. The van der Waals surface area contributed by atoms with Crippen molar-refractivity contribution in [3.8, 4) is 0 Å². The molecule has 3 aromatic rings. The molecule has 0 saturated carbocycles. The van der Waals surface area contributed by atoms with Crippen LogP contribution in [0.1, 0.15) is 33.5 Å². The summed E-state index contributed by atoms with van der Waals surface area (Å²) in [7, 11) is 0. The number of amides is 2. The standard InChI is InChI=1S/C22H20FN3O2/c1-2-26(18-7-4-3-5-8-18)22(28)20-10-6-9-19(25-20)21(27)24-15-16-11-13-17(23)14-12-16/h3-14H,2,15H2,1H3,(H,24,27). The zero-order chi connectivity index (χ0) is 19.9. The molecule has 0 radical (unpaired) electrons. The Bertz CT molecular complexity index is 959. The number of halogens is 1. The van der Waals surface area contributed by atoms with Gasteiger partial charge in [-0.25, -0.2) is 9.37 Å². The van der Waals surface area contributed by atoms with Crippen LogP contribution < -0.4 is 10.2 Å². The molecule has 0 saturated heterocycles. The molecule has 1 N–H and O–H groups in total. The van der Waals surface area contributed by atoms with Gasteiger partial charge in [-0.15, -0.1) is 0 Å². The molecule has 5 nitrogen and oxygen atoms in total. The summed E-state index contributed by atoms with van der Waals surface area (Å²) in [5.41, 5.74) is 1.88. The number of hydrogen-bond donors (Lipinski definition) is 1. The van der Waals surface area contributed by atoms with Crippen LogP contribution in [-0.2, 0) is 6.54 Å². The van der Waals surface area contributed by atoms with E-state index in [9.17, 15) is 14.0 Å². The van der Waals surface area contributed by atoms with Gasteiger partial charge in [0, 0.05) is 18.8 Å². The van der Waals surface area contributed by atoms with Crippen molar-refractivity contribution >= 4 is 17.5 Å². The summed E-state index contributed by atoms with van der Waals surface area (Å²) < 4.78 is 13.0. The molecule has 142 valence electrons. The molecule has 28 heavy (non-hydrogen) atoms. The minimum absolute atomic E-state index is 0.150. The van der Waals surface area contributed by atoms with Gasteiger partial charge in [0.1, 0.15) is 17.2 Å². The molecule has 3 rings (SSSR count). The van der Waals surface area contributed by atoms with E-state index in [4.69, 9.17) is 0 Å². The summed E-state index contributed by atoms with van der Waals surface area (Å²) >= 11 is 0. The van der Waals surface area contributed by atoms with Crippen LogP contribution in [-0.4, -0.2) is 23.3 Å². The predicted octanol–water partition coefficient (Wildman–Crippen LogP) is 3.82. The van der Waals surface area contributed by atoms with Crippen molar-refractivity contribution in [3.63, 3.8) is 0 Å². The lowest BCUT2D eigenvalue weighted by molar-refractivity contribution is 0.0945. The van der Waals surface area contributed by atoms with Crippen LogP contribution in [0.25, 0.3) is 0 Å². The molecule has 1 heterocycles. The van der Waals surface area contributed by atoms with Crippen LogP contribution in [0.2, 0.25) is 0 Å². The molecule has 0 unspecified atom stereocenters. The highest BCUT2D eigenvalue weighted by atomic mass is 19.1. The number of hydrogen-bond acceptors (Lipinski definition) is 3. The Hall–Kier alpha value is -3.54. The lowest BCUT2D eigenvalue weighted by Gasteiger charge is -2.20. The van der Waals surface area contributed by atoms with Gasteiger partial charge in [-0.2, -0.15) is 0 Å². The predicted molar refractivity (Wildman–Crippen MR) is 106 cm³/mol. The van der Waals surface area contributed by atoms with Gasteiger partial charge in [0.15, 0.2) is 0 Å². The third kappa shape index (κ3) is 4.59. The van der Waals surface area contributed by atoms with Gasteiger partial charge in [0.05, 0.1) is 0 Å². The van der Waals surface area contributed by atoms with Gasteiger partial charge in [0.25, 0.3) is 11.8 Å². The zero-order valence-corrected chi connectivity index (χ0v) is 15.4. The van der Waals surface area contributed by atoms with Crippen molar-refractivity contribution in [2.24, 2.45) is 0 Å². The van der Waals surface area contributed by atoms with Crippen LogP contribution in [0.3, 0.4) is 0 Å². The zero-order valence-electron chi connectivity index (χ0n) is 15.4. The smallest absolute Gasteiger partial charge is 0.276 e. The summed E-state index contributed by atoms with van der Waals surface area (Å²) in [5.74, 6) is -1.01. The number of para-hydroxylation sites is 1. The van der Waals surface area contributed by atoms with Gasteiger partial charge in [-0.05, 0) is 48.9 Å². The Labute approximate surface area is 162 Å². The van der Waals surface area contributed by atoms with E-state index in [2.05, 4.69) is 10.3 Å². The summed E-state index contributed by atoms with van der Waals surface area (Å²) in [5, 5.41) is 2.73. The quantitative estimate of drug-likeness (QED) is 0.710. The summed E-state index contributed by atoms with van der Waals surface area (Å²) in [6.45, 7) is 2.60. The van der Waals surface area contributed by atoms with E-state index in [-0.39, 0.29) is 29.7 Å². The molecule has 0 fully saturated rings. The molecule has 0 aliphatic heterocycles. The molecule has 2 aromatic carbocycles. The van der Waals surface area contributed by atoms with Crippen molar-refractivity contribution in [2.45, 2.75) is 13.5 Å². The molecule has 0 aliphatic carbocycles. The molecule has 0 atom stereocenters. The van der Waals surface area contributed by atoms with Crippen LogP contribution in [0.15, 0.2) is 72.8 Å². The van der Waals surface area contributed by atoms with Gasteiger partial charge < -0.3 is 10.2 Å². The normalized spacial score (nSPS) is 10.4. The maximum Gasteiger partial charge on any atom is 0.276 e. The molecule has 0 spiro atoms. The fourth-order valence-corrected chi connectivity index (χ4v) is 2.75. The molecular weight excluding hydrogens is 357 g/mol. The third-order valence-corrected chi connectivity index (χ3v) is 4.20. The fourth-order valence-electron chi connectivity index (χ4n) is 2.75. The minimum Gasteiger partial charge on any atom is -0.347 e. The largest absolute Gasteiger partial charge is 0.347 e. The minimum atomic E-state index is -0.401. The van der Waals surface area contributed by atoms with Gasteiger partial charge in [-0.3, -0.25) is 9.59 Å². The number of carbonyl (C=O) groups is 2. The Morgan fingerprint density at radius 2 is 1.61 bits per heavy atom. The third-order valence-electron chi connectivity index (χ3n) is 4.20. The number of pyridine rings is 1. The van der Waals surface area contributed by atoms with Gasteiger partial charge in [-0.1, -0.05) is 36.4 Å². The van der Waals surface area contributed by atoms with E-state index in [0.717, 1.165) is 11.3 Å². The highest BCUT2D eigenvalue weighted by molar-refractivity contribution is 6.05. The van der Waals surface area contributed by atoms with Crippen molar-refractivity contribution < 1.29 is 14.0 Å². The van der Waals surface area contributed by atoms with Crippen molar-refractivity contribution in [1.29, 1.82) is 0 Å². The molecule has 0 aliphatic rings. The maximum absolute atomic E-state index is 13.0. The van der Waals surface area contributed by atoms with Crippen LogP contribution in [0, 0.1) is 5.82 Å². The van der Waals surface area contributed by atoms with E-state index in [1.165, 1.54) is 12.1 Å². The van der Waals surface area contributed by atoms with E-state index in [1.807, 2.05) is 37.3 Å². The van der Waals surface area contributed by atoms with Gasteiger partial charge >= 0.3 is 0 Å². The first-order valence-electron chi connectivity index (χ1n) is 8.95. The highest BCUT2D eigenvalue weighted by Crippen LogP contribution is 2.16. The number of anilines is 1. The van der Waals surface area contributed by atoms with Gasteiger partial charge in [0.2, 0.25) is 0 Å². The van der Waals surface area contributed by atoms with Crippen molar-refractivity contribution in [3.05, 3.63) is 95.6 Å². The molecule has 6 heteroatoms. The number of nitrogens with one attached hydrogen (secondary N) is 1. The maximum atomic E-state index is 13.0. The number of carbonyl (C=O) groups excluding carboxylic acids is 2. The van der Waals surface area contributed by atoms with E-state index >= 15 is 0 Å². The SMILES string of the molecule is CCN(C(=O)c1cccc(C(=O)NCc2ccc(F)cc2)n1)c1ccccc1. The number of nitrogens with zero attached hydrogens (tertiary/aromatic N) is 2. The first-order valence-corrected chi connectivity index (χ1v) is 8.95. The fraction of sp³-hybridized carbons (Fsp3) is 0.136. The monoisotopic (exact) mass is 377 g/mol. The van der Waals surface area contributed by atoms with Crippen LogP contribution in [0.4, 0.5) is 10.1 Å². The Morgan fingerprint density at radius 1 is 0.929 bits per heavy atom. The summed E-state index contributed by atoms with van der Waals surface area (Å²) in [4.78, 5) is 31.1. The summed E-state index contributed by atoms with van der Waals surface area (Å²) in [6, 6.07) is 19.9. The Morgan fingerprint density at radius 3 is 2.29 bits per heavy atom. The second-order valence-corrected chi connectivity index (χ2v) is 6.10. The van der Waals surface area contributed by atoms with Crippen molar-refractivity contribution in [2.75, 3.05) is 11.4 Å². The lowest BCUT2D eigenvalue weighted by atomic mass is 10.2. The molecular formula is C22H20FN3O2. The van der Waals surface area contributed by atoms with Crippen LogP contribution in [0.5, 0.6) is 0 Å². The Kier molecular flexibility index (Phi) is 6.11. The number of aromatic nitrogens is 1. The summed E-state index contributed by atoms with van der Waals surface area (Å²) in [6.07, 6.45) is 0.